The Balaban J connectivity index is 1.67. The molecule has 0 amide bonds. The van der Waals surface area contributed by atoms with Gasteiger partial charge in [-0.1, -0.05) is 30.3 Å². The molecule has 0 aliphatic heterocycles. The molecule has 5 rings (SSSR count). The Morgan fingerprint density at radius 3 is 2.44 bits per heavy atom. The molecule has 1 saturated carbocycles. The minimum atomic E-state index is -0.0429. The van der Waals surface area contributed by atoms with Gasteiger partial charge in [0, 0.05) is 25.0 Å². The van der Waals surface area contributed by atoms with Crippen molar-refractivity contribution in [2.75, 3.05) is 0 Å². The maximum atomic E-state index is 12.0. The van der Waals surface area contributed by atoms with Crippen molar-refractivity contribution in [2.45, 2.75) is 25.2 Å². The smallest absolute Gasteiger partial charge is 0.253 e. The number of nitrogens with zero attached hydrogens (tertiary/aromatic N) is 4. The van der Waals surface area contributed by atoms with Crippen LogP contribution in [0.3, 0.4) is 0 Å². The third kappa shape index (κ3) is 2.42. The Labute approximate surface area is 156 Å². The lowest BCUT2D eigenvalue weighted by Crippen LogP contribution is -2.18. The molecular weight excluding hydrogens is 336 g/mol. The van der Waals surface area contributed by atoms with E-state index < -0.39 is 0 Å². The molecule has 0 spiro atoms. The number of hydrogen-bond acceptors (Lipinski definition) is 3. The minimum Gasteiger partial charge on any atom is -0.318 e. The number of pyridine rings is 2. The van der Waals surface area contributed by atoms with Crippen LogP contribution in [0.2, 0.25) is 0 Å². The summed E-state index contributed by atoms with van der Waals surface area (Å²) in [5.74, 6) is 0.993. The second kappa shape index (κ2) is 5.64. The highest BCUT2D eigenvalue weighted by Crippen LogP contribution is 2.52. The first-order valence-electron chi connectivity index (χ1n) is 9.17. The molecule has 134 valence electrons. The molecule has 0 unspecified atom stereocenters. The molecule has 1 fully saturated rings. The van der Waals surface area contributed by atoms with Gasteiger partial charge in [0.25, 0.3) is 5.56 Å². The van der Waals surface area contributed by atoms with Gasteiger partial charge >= 0.3 is 0 Å². The number of benzene rings is 1. The second-order valence-electron chi connectivity index (χ2n) is 7.45. The highest BCUT2D eigenvalue weighted by molar-refractivity contribution is 5.65. The first kappa shape index (κ1) is 16.0. The summed E-state index contributed by atoms with van der Waals surface area (Å²) in [5.41, 5.74) is 4.93. The molecule has 0 atom stereocenters. The molecule has 5 nitrogen and oxygen atoms in total. The summed E-state index contributed by atoms with van der Waals surface area (Å²) in [7, 11) is 1.79. The molecule has 1 aliphatic rings. The lowest BCUT2D eigenvalue weighted by Gasteiger charge is -2.14. The lowest BCUT2D eigenvalue weighted by molar-refractivity contribution is 0.740. The Bertz CT molecular complexity index is 1190. The van der Waals surface area contributed by atoms with Crippen molar-refractivity contribution in [1.29, 1.82) is 0 Å². The van der Waals surface area contributed by atoms with Crippen molar-refractivity contribution < 1.29 is 0 Å². The van der Waals surface area contributed by atoms with Crippen LogP contribution in [-0.4, -0.2) is 19.2 Å². The molecule has 0 bridgehead atoms. The van der Waals surface area contributed by atoms with Gasteiger partial charge in [0.2, 0.25) is 0 Å². The molecule has 4 aromatic rings. The second-order valence-corrected chi connectivity index (χ2v) is 7.45. The first-order chi connectivity index (χ1) is 13.1. The van der Waals surface area contributed by atoms with Crippen molar-refractivity contribution >= 4 is 5.65 Å². The van der Waals surface area contributed by atoms with E-state index in [0.717, 1.165) is 41.0 Å². The van der Waals surface area contributed by atoms with Crippen molar-refractivity contribution in [1.82, 2.24) is 19.2 Å². The quantitative estimate of drug-likeness (QED) is 0.565. The highest BCUT2D eigenvalue weighted by Gasteiger charge is 2.49. The topological polar surface area (TPSA) is 52.2 Å². The third-order valence-electron chi connectivity index (χ3n) is 5.60. The van der Waals surface area contributed by atoms with Gasteiger partial charge in [-0.25, -0.2) is 0 Å². The van der Waals surface area contributed by atoms with Gasteiger partial charge in [-0.15, -0.1) is 10.2 Å². The van der Waals surface area contributed by atoms with Gasteiger partial charge in [0.15, 0.2) is 5.65 Å². The highest BCUT2D eigenvalue weighted by atomic mass is 16.1. The molecule has 27 heavy (non-hydrogen) atoms. The molecule has 3 heterocycles. The van der Waals surface area contributed by atoms with E-state index in [2.05, 4.69) is 45.1 Å². The fourth-order valence-electron chi connectivity index (χ4n) is 3.95. The summed E-state index contributed by atoms with van der Waals surface area (Å²) < 4.78 is 3.74. The van der Waals surface area contributed by atoms with Crippen molar-refractivity contribution in [2.24, 2.45) is 7.05 Å². The molecule has 0 radical (unpaired) electrons. The largest absolute Gasteiger partial charge is 0.318 e. The summed E-state index contributed by atoms with van der Waals surface area (Å²) in [6.07, 6.45) is 6.14. The SMILES string of the molecule is Cc1cc(-c2ccc3nnc(C4(c5ccccc5)CC4)n3c2)cn(C)c1=O. The molecular formula is C22H20N4O. The van der Waals surface area contributed by atoms with Crippen LogP contribution in [0, 0.1) is 6.92 Å². The van der Waals surface area contributed by atoms with E-state index in [1.807, 2.05) is 37.4 Å². The zero-order chi connectivity index (χ0) is 18.6. The molecule has 1 aromatic carbocycles. The summed E-state index contributed by atoms with van der Waals surface area (Å²) in [5, 5.41) is 8.94. The van der Waals surface area contributed by atoms with Crippen LogP contribution in [0.25, 0.3) is 16.8 Å². The summed E-state index contributed by atoms with van der Waals surface area (Å²) in [4.78, 5) is 12.0. The molecule has 0 N–H and O–H groups in total. The molecule has 1 aliphatic carbocycles. The molecule has 0 saturated heterocycles. The Morgan fingerprint density at radius 1 is 0.963 bits per heavy atom. The van der Waals surface area contributed by atoms with Gasteiger partial charge in [-0.2, -0.15) is 0 Å². The Morgan fingerprint density at radius 2 is 1.74 bits per heavy atom. The van der Waals surface area contributed by atoms with Crippen LogP contribution in [0.4, 0.5) is 0 Å². The monoisotopic (exact) mass is 356 g/mol. The van der Waals surface area contributed by atoms with Gasteiger partial charge in [-0.05, 0) is 54.7 Å². The van der Waals surface area contributed by atoms with Crippen LogP contribution < -0.4 is 5.56 Å². The number of hydrogen-bond donors (Lipinski definition) is 0. The van der Waals surface area contributed by atoms with Crippen LogP contribution in [-0.2, 0) is 12.5 Å². The van der Waals surface area contributed by atoms with Gasteiger partial charge in [-0.3, -0.25) is 9.20 Å². The van der Waals surface area contributed by atoms with Crippen LogP contribution in [0.5, 0.6) is 0 Å². The van der Waals surface area contributed by atoms with Gasteiger partial charge < -0.3 is 4.57 Å². The average Bonchev–Trinajstić information content (AvgIpc) is 3.39. The van der Waals surface area contributed by atoms with E-state index in [9.17, 15) is 4.79 Å². The van der Waals surface area contributed by atoms with Crippen molar-refractivity contribution in [3.8, 4) is 11.1 Å². The summed E-state index contributed by atoms with van der Waals surface area (Å²) >= 11 is 0. The van der Waals surface area contributed by atoms with Crippen molar-refractivity contribution in [3.63, 3.8) is 0 Å². The lowest BCUT2D eigenvalue weighted by atomic mass is 9.95. The zero-order valence-corrected chi connectivity index (χ0v) is 15.4. The zero-order valence-electron chi connectivity index (χ0n) is 15.4. The normalized spacial score (nSPS) is 15.2. The fourth-order valence-corrected chi connectivity index (χ4v) is 3.95. The third-order valence-corrected chi connectivity index (χ3v) is 5.60. The number of aryl methyl sites for hydroxylation is 2. The first-order valence-corrected chi connectivity index (χ1v) is 9.17. The number of fused-ring (bicyclic) bond motifs is 1. The summed E-state index contributed by atoms with van der Waals surface area (Å²) in [6.45, 7) is 1.85. The molecule has 5 heteroatoms. The molecule has 3 aromatic heterocycles. The van der Waals surface area contributed by atoms with E-state index in [0.29, 0.717) is 0 Å². The van der Waals surface area contributed by atoms with Crippen LogP contribution >= 0.6 is 0 Å². The van der Waals surface area contributed by atoms with E-state index in [1.165, 1.54) is 5.56 Å². The van der Waals surface area contributed by atoms with E-state index in [-0.39, 0.29) is 11.0 Å². The number of rotatable bonds is 3. The standard InChI is InChI=1S/C22H20N4O/c1-15-12-17(13-25(2)20(15)27)16-8-9-19-23-24-21(26(19)14-16)22(10-11-22)18-6-4-3-5-7-18/h3-9,12-14H,10-11H2,1-2H3. The Kier molecular flexibility index (Phi) is 3.34. The van der Waals surface area contributed by atoms with E-state index in [4.69, 9.17) is 0 Å². The predicted octanol–water partition coefficient (Wildman–Crippen LogP) is 3.48. The van der Waals surface area contributed by atoms with Crippen LogP contribution in [0.1, 0.15) is 29.8 Å². The Hall–Kier alpha value is -3.21. The van der Waals surface area contributed by atoms with Crippen LogP contribution in [0.15, 0.2) is 65.7 Å². The van der Waals surface area contributed by atoms with Gasteiger partial charge in [0.1, 0.15) is 5.82 Å². The van der Waals surface area contributed by atoms with E-state index in [1.54, 1.807) is 11.6 Å². The fraction of sp³-hybridized carbons (Fsp3) is 0.227. The minimum absolute atomic E-state index is 0.0332. The average molecular weight is 356 g/mol. The van der Waals surface area contributed by atoms with Gasteiger partial charge in [0.05, 0.1) is 5.41 Å². The maximum absolute atomic E-state index is 12.0. The van der Waals surface area contributed by atoms with E-state index >= 15 is 0 Å². The van der Waals surface area contributed by atoms with Crippen molar-refractivity contribution in [3.05, 3.63) is 88.2 Å². The maximum Gasteiger partial charge on any atom is 0.253 e. The predicted molar refractivity (Wildman–Crippen MR) is 105 cm³/mol. The number of aromatic nitrogens is 4. The summed E-state index contributed by atoms with van der Waals surface area (Å²) in [6, 6.07) is 16.5.